The van der Waals surface area contributed by atoms with E-state index in [1.54, 1.807) is 42.5 Å². The van der Waals surface area contributed by atoms with Gasteiger partial charge in [-0.25, -0.2) is 4.79 Å². The Morgan fingerprint density at radius 1 is 1.16 bits per heavy atom. The fourth-order valence-electron chi connectivity index (χ4n) is 2.64. The van der Waals surface area contributed by atoms with Gasteiger partial charge in [-0.05, 0) is 49.2 Å². The third kappa shape index (κ3) is 4.36. The molecule has 1 saturated heterocycles. The average Bonchev–Trinajstić information content (AvgIpc) is 3.14. The molecule has 0 radical (unpaired) electrons. The molecule has 0 aromatic heterocycles. The van der Waals surface area contributed by atoms with E-state index in [9.17, 15) is 9.59 Å². The third-order valence-corrected chi connectivity index (χ3v) is 3.98. The summed E-state index contributed by atoms with van der Waals surface area (Å²) >= 11 is 0. The van der Waals surface area contributed by atoms with Crippen molar-refractivity contribution in [3.8, 4) is 5.75 Å². The predicted molar refractivity (Wildman–Crippen MR) is 92.3 cm³/mol. The van der Waals surface area contributed by atoms with Crippen LogP contribution in [-0.4, -0.2) is 36.3 Å². The lowest BCUT2D eigenvalue weighted by Gasteiger charge is -2.12. The quantitative estimate of drug-likeness (QED) is 0.843. The third-order valence-electron chi connectivity index (χ3n) is 3.98. The molecule has 1 aliphatic rings. The first kappa shape index (κ1) is 17.0. The summed E-state index contributed by atoms with van der Waals surface area (Å²) in [6, 6.07) is 13.0. The van der Waals surface area contributed by atoms with Gasteiger partial charge in [-0.2, -0.15) is 0 Å². The van der Waals surface area contributed by atoms with Gasteiger partial charge in [-0.15, -0.1) is 0 Å². The summed E-state index contributed by atoms with van der Waals surface area (Å²) in [6.45, 7) is 1.28. The van der Waals surface area contributed by atoms with Crippen LogP contribution in [0.1, 0.15) is 33.6 Å². The number of carbonyl (C=O) groups excluding carboxylic acids is 1. The van der Waals surface area contributed by atoms with E-state index < -0.39 is 5.97 Å². The average molecular weight is 341 g/mol. The van der Waals surface area contributed by atoms with Gasteiger partial charge in [-0.3, -0.25) is 4.79 Å². The Morgan fingerprint density at radius 3 is 2.60 bits per heavy atom. The maximum absolute atomic E-state index is 12.3. The van der Waals surface area contributed by atoms with Crippen LogP contribution in [0.5, 0.6) is 5.75 Å². The minimum Gasteiger partial charge on any atom is -0.491 e. The molecule has 2 N–H and O–H groups in total. The summed E-state index contributed by atoms with van der Waals surface area (Å²) in [7, 11) is 0. The summed E-state index contributed by atoms with van der Waals surface area (Å²) in [5, 5.41) is 11.8. The Hall–Kier alpha value is -2.86. The molecule has 1 heterocycles. The summed E-state index contributed by atoms with van der Waals surface area (Å²) in [5.74, 6) is -0.800. The highest BCUT2D eigenvalue weighted by atomic mass is 16.5. The first-order valence-corrected chi connectivity index (χ1v) is 8.11. The van der Waals surface area contributed by atoms with Gasteiger partial charge in [0.15, 0.2) is 0 Å². The number of aromatic carboxylic acids is 1. The van der Waals surface area contributed by atoms with Gasteiger partial charge in [-0.1, -0.05) is 12.1 Å². The fraction of sp³-hybridized carbons (Fsp3) is 0.263. The van der Waals surface area contributed by atoms with Crippen LogP contribution < -0.4 is 10.1 Å². The normalized spacial score (nSPS) is 16.4. The minimum absolute atomic E-state index is 0.0485. The number of ether oxygens (including phenoxy) is 2. The molecule has 0 unspecified atom stereocenters. The van der Waals surface area contributed by atoms with E-state index >= 15 is 0 Å². The van der Waals surface area contributed by atoms with Crippen LogP contribution in [0.25, 0.3) is 0 Å². The highest BCUT2D eigenvalue weighted by Gasteiger charge is 2.16. The van der Waals surface area contributed by atoms with E-state index in [2.05, 4.69) is 5.32 Å². The second-order valence-corrected chi connectivity index (χ2v) is 5.78. The second kappa shape index (κ2) is 7.81. The zero-order valence-corrected chi connectivity index (χ0v) is 13.6. The molecule has 1 amide bonds. The molecular weight excluding hydrogens is 322 g/mol. The standard InChI is InChI=1S/C19H19NO5/c21-18(20-17-6-2-1-5-16(17)19(22)23)13-7-9-14(10-8-13)25-12-15-4-3-11-24-15/h1-2,5-10,15H,3-4,11-12H2,(H,20,21)(H,22,23)/t15-/m0/s1. The molecule has 0 saturated carbocycles. The summed E-state index contributed by atoms with van der Waals surface area (Å²) < 4.78 is 11.2. The number of carbonyl (C=O) groups is 2. The van der Waals surface area contributed by atoms with Crippen molar-refractivity contribution in [3.63, 3.8) is 0 Å². The molecule has 0 spiro atoms. The number of hydrogen-bond donors (Lipinski definition) is 2. The molecule has 1 atom stereocenters. The lowest BCUT2D eigenvalue weighted by Crippen LogP contribution is -2.16. The molecule has 2 aromatic carbocycles. The number of carboxylic acid groups (broad SMARTS) is 1. The first-order valence-electron chi connectivity index (χ1n) is 8.11. The fourth-order valence-corrected chi connectivity index (χ4v) is 2.64. The smallest absolute Gasteiger partial charge is 0.337 e. The Kier molecular flexibility index (Phi) is 5.30. The molecule has 0 aliphatic carbocycles. The Morgan fingerprint density at radius 2 is 1.92 bits per heavy atom. The van der Waals surface area contributed by atoms with Gasteiger partial charge in [0.2, 0.25) is 0 Å². The van der Waals surface area contributed by atoms with Crippen molar-refractivity contribution in [2.24, 2.45) is 0 Å². The second-order valence-electron chi connectivity index (χ2n) is 5.78. The Bertz CT molecular complexity index is 751. The maximum atomic E-state index is 12.3. The molecule has 6 heteroatoms. The topological polar surface area (TPSA) is 84.9 Å². The molecule has 3 rings (SSSR count). The van der Waals surface area contributed by atoms with Gasteiger partial charge in [0, 0.05) is 12.2 Å². The van der Waals surface area contributed by atoms with Crippen LogP contribution >= 0.6 is 0 Å². The van der Waals surface area contributed by atoms with Crippen molar-refractivity contribution < 1.29 is 24.2 Å². The molecule has 1 aliphatic heterocycles. The van der Waals surface area contributed by atoms with Crippen molar-refractivity contribution >= 4 is 17.6 Å². The summed E-state index contributed by atoms with van der Waals surface area (Å²) in [4.78, 5) is 23.5. The zero-order chi connectivity index (χ0) is 17.6. The van der Waals surface area contributed by atoms with E-state index in [4.69, 9.17) is 14.6 Å². The van der Waals surface area contributed by atoms with Crippen LogP contribution in [0.4, 0.5) is 5.69 Å². The van der Waals surface area contributed by atoms with E-state index in [0.29, 0.717) is 17.9 Å². The number of anilines is 1. The van der Waals surface area contributed by atoms with Crippen LogP contribution in [0, 0.1) is 0 Å². The van der Waals surface area contributed by atoms with E-state index in [0.717, 1.165) is 19.4 Å². The lowest BCUT2D eigenvalue weighted by atomic mass is 10.1. The van der Waals surface area contributed by atoms with Crippen molar-refractivity contribution in [3.05, 3.63) is 59.7 Å². The van der Waals surface area contributed by atoms with Crippen molar-refractivity contribution in [1.82, 2.24) is 0 Å². The van der Waals surface area contributed by atoms with Gasteiger partial charge < -0.3 is 19.9 Å². The largest absolute Gasteiger partial charge is 0.491 e. The number of carboxylic acids is 1. The number of para-hydroxylation sites is 1. The number of nitrogens with one attached hydrogen (secondary N) is 1. The van der Waals surface area contributed by atoms with Gasteiger partial charge in [0.05, 0.1) is 17.4 Å². The van der Waals surface area contributed by atoms with Crippen LogP contribution in [0.2, 0.25) is 0 Å². The molecule has 2 aromatic rings. The molecule has 130 valence electrons. The predicted octanol–water partition coefficient (Wildman–Crippen LogP) is 3.19. The zero-order valence-electron chi connectivity index (χ0n) is 13.6. The van der Waals surface area contributed by atoms with E-state index in [-0.39, 0.29) is 23.3 Å². The number of amides is 1. The molecule has 0 bridgehead atoms. The van der Waals surface area contributed by atoms with Crippen LogP contribution in [0.3, 0.4) is 0 Å². The Labute approximate surface area is 145 Å². The minimum atomic E-state index is -1.09. The summed E-state index contributed by atoms with van der Waals surface area (Å²) in [5.41, 5.74) is 0.732. The van der Waals surface area contributed by atoms with Gasteiger partial charge in [0.25, 0.3) is 5.91 Å². The van der Waals surface area contributed by atoms with Crippen LogP contribution in [-0.2, 0) is 4.74 Å². The summed E-state index contributed by atoms with van der Waals surface area (Å²) in [6.07, 6.45) is 2.20. The number of benzene rings is 2. The van der Waals surface area contributed by atoms with Crippen LogP contribution in [0.15, 0.2) is 48.5 Å². The van der Waals surface area contributed by atoms with E-state index in [1.165, 1.54) is 6.07 Å². The SMILES string of the molecule is O=C(Nc1ccccc1C(=O)O)c1ccc(OC[C@@H]2CCCO2)cc1. The molecule has 1 fully saturated rings. The number of rotatable bonds is 6. The molecule has 25 heavy (non-hydrogen) atoms. The lowest BCUT2D eigenvalue weighted by molar-refractivity contribution is 0.0679. The highest BCUT2D eigenvalue weighted by molar-refractivity contribution is 6.07. The van der Waals surface area contributed by atoms with Crippen molar-refractivity contribution in [2.45, 2.75) is 18.9 Å². The Balaban J connectivity index is 1.62. The first-order chi connectivity index (χ1) is 12.1. The highest BCUT2D eigenvalue weighted by Crippen LogP contribution is 2.19. The van der Waals surface area contributed by atoms with Crippen molar-refractivity contribution in [2.75, 3.05) is 18.5 Å². The van der Waals surface area contributed by atoms with Gasteiger partial charge in [0.1, 0.15) is 12.4 Å². The van der Waals surface area contributed by atoms with Gasteiger partial charge >= 0.3 is 5.97 Å². The van der Waals surface area contributed by atoms with Crippen molar-refractivity contribution in [1.29, 1.82) is 0 Å². The molecular formula is C19H19NO5. The molecule has 6 nitrogen and oxygen atoms in total. The monoisotopic (exact) mass is 341 g/mol. The number of hydrogen-bond acceptors (Lipinski definition) is 4. The maximum Gasteiger partial charge on any atom is 0.337 e. The van der Waals surface area contributed by atoms with E-state index in [1.807, 2.05) is 0 Å².